The van der Waals surface area contributed by atoms with Crippen LogP contribution >= 0.6 is 0 Å². The van der Waals surface area contributed by atoms with E-state index in [0.29, 0.717) is 18.5 Å². The van der Waals surface area contributed by atoms with Crippen LogP contribution in [0.1, 0.15) is 31.7 Å². The minimum Gasteiger partial charge on any atom is -0.325 e. The second-order valence-electron chi connectivity index (χ2n) is 5.15. The summed E-state index contributed by atoms with van der Waals surface area (Å²) in [6.07, 6.45) is 2.12. The number of hydrogen-bond acceptors (Lipinski definition) is 3. The monoisotopic (exact) mass is 275 g/mol. The molecule has 108 valence electrons. The molecule has 1 aromatic carbocycles. The van der Waals surface area contributed by atoms with E-state index in [9.17, 15) is 9.59 Å². The molecule has 1 aromatic rings. The Morgan fingerprint density at radius 3 is 2.80 bits per heavy atom. The van der Waals surface area contributed by atoms with Crippen molar-refractivity contribution in [2.24, 2.45) is 5.73 Å². The number of nitrogens with one attached hydrogen (secondary N) is 1. The lowest BCUT2D eigenvalue weighted by atomic mass is 10.1. The number of anilines is 2. The van der Waals surface area contributed by atoms with Gasteiger partial charge in [-0.2, -0.15) is 0 Å². The standard InChI is InChI=1S/C15H21N3O2/c1-3-12(16)15(20)17-11-6-7-13(10(2)9-11)18-8-4-5-14(18)19/h6-7,9,12H,3-5,8,16H2,1-2H3,(H,17,20)/t12-/m1/s1. The van der Waals surface area contributed by atoms with Gasteiger partial charge in [-0.3, -0.25) is 9.59 Å². The van der Waals surface area contributed by atoms with Crippen molar-refractivity contribution in [2.75, 3.05) is 16.8 Å². The molecule has 0 unspecified atom stereocenters. The maximum atomic E-state index is 11.8. The Kier molecular flexibility index (Phi) is 4.39. The van der Waals surface area contributed by atoms with Gasteiger partial charge in [0.05, 0.1) is 6.04 Å². The summed E-state index contributed by atoms with van der Waals surface area (Å²) in [6, 6.07) is 5.08. The van der Waals surface area contributed by atoms with E-state index in [1.807, 2.05) is 32.0 Å². The van der Waals surface area contributed by atoms with Crippen LogP contribution in [0.5, 0.6) is 0 Å². The van der Waals surface area contributed by atoms with E-state index in [2.05, 4.69) is 5.32 Å². The van der Waals surface area contributed by atoms with E-state index >= 15 is 0 Å². The molecule has 0 aliphatic carbocycles. The van der Waals surface area contributed by atoms with Gasteiger partial charge in [0, 0.05) is 24.3 Å². The lowest BCUT2D eigenvalue weighted by molar-refractivity contribution is -0.118. The van der Waals surface area contributed by atoms with Crippen molar-refractivity contribution in [2.45, 2.75) is 39.2 Å². The van der Waals surface area contributed by atoms with Crippen LogP contribution in [0.3, 0.4) is 0 Å². The molecule has 1 atom stereocenters. The summed E-state index contributed by atoms with van der Waals surface area (Å²) in [7, 11) is 0. The van der Waals surface area contributed by atoms with Crippen LogP contribution in [-0.2, 0) is 9.59 Å². The molecule has 1 heterocycles. The zero-order valence-corrected chi connectivity index (χ0v) is 12.0. The fourth-order valence-electron chi connectivity index (χ4n) is 2.36. The molecule has 20 heavy (non-hydrogen) atoms. The Bertz CT molecular complexity index is 528. The van der Waals surface area contributed by atoms with Crippen LogP contribution in [0, 0.1) is 6.92 Å². The number of carbonyl (C=O) groups is 2. The SMILES string of the molecule is CC[C@@H](N)C(=O)Nc1ccc(N2CCCC2=O)c(C)c1. The third-order valence-corrected chi connectivity index (χ3v) is 3.61. The summed E-state index contributed by atoms with van der Waals surface area (Å²) in [5.74, 6) is -0.0187. The number of aryl methyl sites for hydroxylation is 1. The number of nitrogens with zero attached hydrogens (tertiary/aromatic N) is 1. The third-order valence-electron chi connectivity index (χ3n) is 3.61. The lowest BCUT2D eigenvalue weighted by Crippen LogP contribution is -2.34. The van der Waals surface area contributed by atoms with Gasteiger partial charge in [0.25, 0.3) is 0 Å². The minimum absolute atomic E-state index is 0.165. The Hall–Kier alpha value is -1.88. The summed E-state index contributed by atoms with van der Waals surface area (Å²) in [5.41, 5.74) is 8.30. The van der Waals surface area contributed by atoms with Crippen LogP contribution in [-0.4, -0.2) is 24.4 Å². The average Bonchev–Trinajstić information content (AvgIpc) is 2.84. The summed E-state index contributed by atoms with van der Waals surface area (Å²) < 4.78 is 0. The van der Waals surface area contributed by atoms with Gasteiger partial charge in [-0.25, -0.2) is 0 Å². The zero-order chi connectivity index (χ0) is 14.7. The van der Waals surface area contributed by atoms with Gasteiger partial charge in [-0.15, -0.1) is 0 Å². The van der Waals surface area contributed by atoms with Gasteiger partial charge in [0.1, 0.15) is 0 Å². The van der Waals surface area contributed by atoms with Crippen molar-refractivity contribution in [1.82, 2.24) is 0 Å². The van der Waals surface area contributed by atoms with Crippen LogP contribution in [0.15, 0.2) is 18.2 Å². The molecule has 1 fully saturated rings. The van der Waals surface area contributed by atoms with E-state index in [4.69, 9.17) is 5.73 Å². The van der Waals surface area contributed by atoms with Gasteiger partial charge in [0.2, 0.25) is 11.8 Å². The van der Waals surface area contributed by atoms with Crippen LogP contribution in [0.2, 0.25) is 0 Å². The Morgan fingerprint density at radius 1 is 1.50 bits per heavy atom. The molecule has 2 amide bonds. The Labute approximate surface area is 119 Å². The lowest BCUT2D eigenvalue weighted by Gasteiger charge is -2.19. The number of carbonyl (C=O) groups excluding carboxylic acids is 2. The predicted molar refractivity (Wildman–Crippen MR) is 79.7 cm³/mol. The van der Waals surface area contributed by atoms with Gasteiger partial charge in [-0.1, -0.05) is 6.92 Å². The van der Waals surface area contributed by atoms with Crippen molar-refractivity contribution in [3.8, 4) is 0 Å². The Balaban J connectivity index is 2.13. The van der Waals surface area contributed by atoms with Crippen molar-refractivity contribution in [3.63, 3.8) is 0 Å². The minimum atomic E-state index is -0.491. The molecule has 0 saturated carbocycles. The van der Waals surface area contributed by atoms with Crippen molar-refractivity contribution in [3.05, 3.63) is 23.8 Å². The summed E-state index contributed by atoms with van der Waals surface area (Å²) in [6.45, 7) is 4.58. The molecule has 0 radical (unpaired) electrons. The van der Waals surface area contributed by atoms with Crippen LogP contribution < -0.4 is 16.0 Å². The van der Waals surface area contributed by atoms with Crippen molar-refractivity contribution >= 4 is 23.2 Å². The van der Waals surface area contributed by atoms with Crippen LogP contribution in [0.4, 0.5) is 11.4 Å². The van der Waals surface area contributed by atoms with E-state index < -0.39 is 6.04 Å². The highest BCUT2D eigenvalue weighted by Gasteiger charge is 2.23. The summed E-state index contributed by atoms with van der Waals surface area (Å²) in [5, 5.41) is 2.80. The predicted octanol–water partition coefficient (Wildman–Crippen LogP) is 1.80. The van der Waals surface area contributed by atoms with Crippen molar-refractivity contribution < 1.29 is 9.59 Å². The maximum absolute atomic E-state index is 11.8. The fourth-order valence-corrected chi connectivity index (χ4v) is 2.36. The smallest absolute Gasteiger partial charge is 0.241 e. The van der Waals surface area contributed by atoms with Gasteiger partial charge < -0.3 is 16.0 Å². The molecular weight excluding hydrogens is 254 g/mol. The van der Waals surface area contributed by atoms with E-state index in [-0.39, 0.29) is 11.8 Å². The molecule has 1 saturated heterocycles. The first-order valence-corrected chi connectivity index (χ1v) is 7.00. The number of hydrogen-bond donors (Lipinski definition) is 2. The summed E-state index contributed by atoms with van der Waals surface area (Å²) >= 11 is 0. The van der Waals surface area contributed by atoms with E-state index in [1.54, 1.807) is 4.90 Å². The highest BCUT2D eigenvalue weighted by atomic mass is 16.2. The number of rotatable bonds is 4. The second kappa shape index (κ2) is 6.05. The third kappa shape index (κ3) is 2.99. The number of amides is 2. The van der Waals surface area contributed by atoms with E-state index in [0.717, 1.165) is 24.2 Å². The first kappa shape index (κ1) is 14.5. The molecule has 5 nitrogen and oxygen atoms in total. The Morgan fingerprint density at radius 2 is 2.25 bits per heavy atom. The molecule has 1 aliphatic rings. The highest BCUT2D eigenvalue weighted by molar-refractivity contribution is 5.97. The second-order valence-corrected chi connectivity index (χ2v) is 5.15. The van der Waals surface area contributed by atoms with E-state index in [1.165, 1.54) is 0 Å². The molecule has 1 aliphatic heterocycles. The van der Waals surface area contributed by atoms with Crippen LogP contribution in [0.25, 0.3) is 0 Å². The molecule has 0 spiro atoms. The first-order chi connectivity index (χ1) is 9.52. The van der Waals surface area contributed by atoms with Crippen molar-refractivity contribution in [1.29, 1.82) is 0 Å². The molecular formula is C15H21N3O2. The number of nitrogens with two attached hydrogens (primary N) is 1. The van der Waals surface area contributed by atoms with Gasteiger partial charge in [-0.05, 0) is 43.5 Å². The maximum Gasteiger partial charge on any atom is 0.241 e. The molecule has 3 N–H and O–H groups in total. The zero-order valence-electron chi connectivity index (χ0n) is 12.0. The fraction of sp³-hybridized carbons (Fsp3) is 0.467. The molecule has 0 aromatic heterocycles. The highest BCUT2D eigenvalue weighted by Crippen LogP contribution is 2.27. The topological polar surface area (TPSA) is 75.4 Å². The quantitative estimate of drug-likeness (QED) is 0.879. The number of benzene rings is 1. The molecule has 2 rings (SSSR count). The largest absolute Gasteiger partial charge is 0.325 e. The summed E-state index contributed by atoms with van der Waals surface area (Å²) in [4.78, 5) is 25.3. The normalized spacial score (nSPS) is 16.4. The first-order valence-electron chi connectivity index (χ1n) is 7.00. The van der Waals surface area contributed by atoms with Gasteiger partial charge >= 0.3 is 0 Å². The van der Waals surface area contributed by atoms with Gasteiger partial charge in [0.15, 0.2) is 0 Å². The average molecular weight is 275 g/mol. The molecule has 0 bridgehead atoms. The molecule has 5 heteroatoms.